The predicted molar refractivity (Wildman–Crippen MR) is 77.7 cm³/mol. The summed E-state index contributed by atoms with van der Waals surface area (Å²) in [4.78, 5) is 16.1. The molecule has 0 radical (unpaired) electrons. The van der Waals surface area contributed by atoms with E-state index in [9.17, 15) is 9.90 Å². The number of nitrogens with one attached hydrogen (secondary N) is 1. The lowest BCUT2D eigenvalue weighted by molar-refractivity contribution is -0.0181. The number of carbonyl (C=O) groups is 1. The molecule has 3 atom stereocenters. The van der Waals surface area contributed by atoms with E-state index >= 15 is 0 Å². The van der Waals surface area contributed by atoms with E-state index in [1.54, 1.807) is 4.90 Å². The highest BCUT2D eigenvalue weighted by Gasteiger charge is 2.38. The highest BCUT2D eigenvalue weighted by atomic mass is 16.5. The Labute approximate surface area is 130 Å². The number of aliphatic hydroxyl groups is 1. The fraction of sp³-hybridized carbons (Fsp3) is 0.929. The van der Waals surface area contributed by atoms with E-state index in [1.165, 1.54) is 0 Å². The Hall–Kier alpha value is -0.930. The van der Waals surface area contributed by atoms with E-state index in [0.29, 0.717) is 39.5 Å². The van der Waals surface area contributed by atoms with Crippen LogP contribution in [0.25, 0.3) is 0 Å². The lowest BCUT2D eigenvalue weighted by atomic mass is 10.1. The third kappa shape index (κ3) is 3.88. The number of urea groups is 1. The average molecular weight is 315 g/mol. The zero-order chi connectivity index (χ0) is 15.4. The van der Waals surface area contributed by atoms with Crippen molar-refractivity contribution in [1.82, 2.24) is 15.1 Å². The minimum Gasteiger partial charge on any atom is -0.388 e. The Kier molecular flexibility index (Phi) is 5.48. The second-order valence-corrected chi connectivity index (χ2v) is 5.93. The fourth-order valence-electron chi connectivity index (χ4n) is 3.03. The molecule has 2 N–H and O–H groups in total. The third-order valence-electron chi connectivity index (χ3n) is 4.43. The van der Waals surface area contributed by atoms with Crippen molar-refractivity contribution in [2.45, 2.75) is 18.2 Å². The number of nitrogens with zero attached hydrogens (tertiary/aromatic N) is 2. The van der Waals surface area contributed by atoms with Gasteiger partial charge in [0.2, 0.25) is 0 Å². The molecule has 0 aromatic heterocycles. The largest absolute Gasteiger partial charge is 0.388 e. The fourth-order valence-corrected chi connectivity index (χ4v) is 3.03. The van der Waals surface area contributed by atoms with Crippen LogP contribution in [-0.2, 0) is 14.2 Å². The Morgan fingerprint density at radius 2 is 1.73 bits per heavy atom. The van der Waals surface area contributed by atoms with Crippen molar-refractivity contribution in [2.24, 2.45) is 0 Å². The molecule has 8 nitrogen and oxygen atoms in total. The molecule has 22 heavy (non-hydrogen) atoms. The summed E-state index contributed by atoms with van der Waals surface area (Å²) in [6.45, 7) is 6.50. The van der Waals surface area contributed by atoms with Crippen LogP contribution in [0.1, 0.15) is 0 Å². The number of carbonyl (C=O) groups excluding carboxylic acids is 1. The van der Waals surface area contributed by atoms with E-state index < -0.39 is 6.10 Å². The van der Waals surface area contributed by atoms with E-state index in [4.69, 9.17) is 14.2 Å². The van der Waals surface area contributed by atoms with Gasteiger partial charge in [0.15, 0.2) is 0 Å². The monoisotopic (exact) mass is 315 g/mol. The summed E-state index contributed by atoms with van der Waals surface area (Å²) >= 11 is 0. The summed E-state index contributed by atoms with van der Waals surface area (Å²) in [6, 6.07) is -0.496. The smallest absolute Gasteiger partial charge is 0.317 e. The maximum Gasteiger partial charge on any atom is 0.317 e. The molecule has 3 saturated heterocycles. The van der Waals surface area contributed by atoms with Crippen molar-refractivity contribution in [1.29, 1.82) is 0 Å². The first-order valence-corrected chi connectivity index (χ1v) is 7.97. The van der Waals surface area contributed by atoms with Gasteiger partial charge in [0.25, 0.3) is 0 Å². The molecular weight excluding hydrogens is 290 g/mol. The van der Waals surface area contributed by atoms with Gasteiger partial charge in [-0.05, 0) is 0 Å². The number of hydrogen-bond acceptors (Lipinski definition) is 6. The van der Waals surface area contributed by atoms with Crippen LogP contribution in [0.15, 0.2) is 0 Å². The van der Waals surface area contributed by atoms with Gasteiger partial charge in [0, 0.05) is 32.7 Å². The molecular formula is C14H25N3O5. The minimum atomic E-state index is -0.673. The normalized spacial score (nSPS) is 33.9. The summed E-state index contributed by atoms with van der Waals surface area (Å²) in [6.07, 6.45) is -0.930. The van der Waals surface area contributed by atoms with Crippen LogP contribution in [0.2, 0.25) is 0 Å². The molecule has 126 valence electrons. The first-order valence-electron chi connectivity index (χ1n) is 7.97. The minimum absolute atomic E-state index is 0.150. The van der Waals surface area contributed by atoms with Crippen LogP contribution in [0.4, 0.5) is 4.79 Å². The van der Waals surface area contributed by atoms with Gasteiger partial charge in [-0.15, -0.1) is 0 Å². The molecule has 0 bridgehead atoms. The molecule has 0 spiro atoms. The maximum atomic E-state index is 12.2. The van der Waals surface area contributed by atoms with Gasteiger partial charge in [0.1, 0.15) is 6.10 Å². The maximum absolute atomic E-state index is 12.2. The van der Waals surface area contributed by atoms with Gasteiger partial charge in [-0.25, -0.2) is 4.79 Å². The third-order valence-corrected chi connectivity index (χ3v) is 4.43. The summed E-state index contributed by atoms with van der Waals surface area (Å²) in [7, 11) is 0. The molecule has 0 aromatic carbocycles. The van der Waals surface area contributed by atoms with Crippen molar-refractivity contribution < 1.29 is 24.1 Å². The first-order chi connectivity index (χ1) is 10.7. The van der Waals surface area contributed by atoms with E-state index in [2.05, 4.69) is 10.2 Å². The number of aliphatic hydroxyl groups excluding tert-OH is 1. The van der Waals surface area contributed by atoms with Crippen LogP contribution < -0.4 is 5.32 Å². The van der Waals surface area contributed by atoms with Crippen molar-refractivity contribution in [2.75, 3.05) is 65.8 Å². The summed E-state index contributed by atoms with van der Waals surface area (Å²) in [5.74, 6) is 0. The van der Waals surface area contributed by atoms with Gasteiger partial charge in [0.05, 0.1) is 45.2 Å². The van der Waals surface area contributed by atoms with Gasteiger partial charge >= 0.3 is 6.03 Å². The lowest BCUT2D eigenvalue weighted by Crippen LogP contribution is -2.53. The highest BCUT2D eigenvalue weighted by Crippen LogP contribution is 2.17. The van der Waals surface area contributed by atoms with Gasteiger partial charge in [-0.3, -0.25) is 4.90 Å². The topological polar surface area (TPSA) is 83.5 Å². The summed E-state index contributed by atoms with van der Waals surface area (Å²) in [5, 5.41) is 13.3. The van der Waals surface area contributed by atoms with Gasteiger partial charge in [-0.2, -0.15) is 0 Å². The molecule has 3 unspecified atom stereocenters. The second kappa shape index (κ2) is 7.56. The van der Waals surface area contributed by atoms with Crippen LogP contribution in [0.5, 0.6) is 0 Å². The molecule has 2 amide bonds. The standard InChI is InChI=1S/C14H25N3O5/c18-13-11(15-14(19)17-3-7-21-8-4-17)10-22-12(13)9-16-1-5-20-6-2-16/h11-13,18H,1-10H2,(H,15,19). The summed E-state index contributed by atoms with van der Waals surface area (Å²) in [5.41, 5.74) is 0. The van der Waals surface area contributed by atoms with Crippen molar-refractivity contribution in [3.63, 3.8) is 0 Å². The lowest BCUT2D eigenvalue weighted by Gasteiger charge is -2.30. The number of amides is 2. The van der Waals surface area contributed by atoms with Gasteiger partial charge in [-0.1, -0.05) is 0 Å². The number of rotatable bonds is 3. The average Bonchev–Trinajstić information content (AvgIpc) is 2.90. The molecule has 3 rings (SSSR count). The van der Waals surface area contributed by atoms with Crippen LogP contribution in [-0.4, -0.2) is 105 Å². The Bertz CT molecular complexity index is 371. The molecule has 0 aromatic rings. The van der Waals surface area contributed by atoms with Crippen LogP contribution in [0.3, 0.4) is 0 Å². The number of ether oxygens (including phenoxy) is 3. The molecule has 0 saturated carbocycles. The molecule has 3 aliphatic heterocycles. The van der Waals surface area contributed by atoms with E-state index in [0.717, 1.165) is 26.3 Å². The summed E-state index contributed by atoms with van der Waals surface area (Å²) < 4.78 is 16.2. The Morgan fingerprint density at radius 1 is 1.09 bits per heavy atom. The van der Waals surface area contributed by atoms with E-state index in [-0.39, 0.29) is 18.2 Å². The van der Waals surface area contributed by atoms with Gasteiger partial charge < -0.3 is 29.5 Å². The van der Waals surface area contributed by atoms with Crippen molar-refractivity contribution in [3.8, 4) is 0 Å². The zero-order valence-corrected chi connectivity index (χ0v) is 12.8. The quantitative estimate of drug-likeness (QED) is 0.659. The SMILES string of the molecule is O=C(NC1COC(CN2CCOCC2)C1O)N1CCOCC1. The molecule has 3 aliphatic rings. The Balaban J connectivity index is 1.45. The van der Waals surface area contributed by atoms with Crippen LogP contribution in [0, 0.1) is 0 Å². The molecule has 3 fully saturated rings. The van der Waals surface area contributed by atoms with E-state index in [1.807, 2.05) is 0 Å². The van der Waals surface area contributed by atoms with Crippen molar-refractivity contribution in [3.05, 3.63) is 0 Å². The second-order valence-electron chi connectivity index (χ2n) is 5.93. The number of hydrogen-bond donors (Lipinski definition) is 2. The highest BCUT2D eigenvalue weighted by molar-refractivity contribution is 5.74. The molecule has 3 heterocycles. The first kappa shape index (κ1) is 15.9. The molecule has 8 heteroatoms. The van der Waals surface area contributed by atoms with Crippen LogP contribution >= 0.6 is 0 Å². The zero-order valence-electron chi connectivity index (χ0n) is 12.8. The Morgan fingerprint density at radius 3 is 2.41 bits per heavy atom. The number of morpholine rings is 2. The molecule has 0 aliphatic carbocycles. The predicted octanol–water partition coefficient (Wildman–Crippen LogP) is -1.51. The van der Waals surface area contributed by atoms with Crippen molar-refractivity contribution >= 4 is 6.03 Å².